The van der Waals surface area contributed by atoms with E-state index in [0.717, 1.165) is 10.4 Å². The minimum Gasteiger partial charge on any atom is -0.298 e. The van der Waals surface area contributed by atoms with Crippen molar-refractivity contribution in [3.8, 4) is 10.4 Å². The van der Waals surface area contributed by atoms with Crippen molar-refractivity contribution in [1.29, 1.82) is 0 Å². The number of thiazole rings is 1. The Bertz CT molecular complexity index is 921. The highest BCUT2D eigenvalue weighted by molar-refractivity contribution is 7.19. The number of rotatable bonds is 4. The maximum absolute atomic E-state index is 12.2. The van der Waals surface area contributed by atoms with E-state index in [0.29, 0.717) is 16.3 Å². The average molecular weight is 339 g/mol. The Balaban J connectivity index is 1.80. The highest BCUT2D eigenvalue weighted by Crippen LogP contribution is 2.31. The second-order valence-corrected chi connectivity index (χ2v) is 6.19. The number of nitrogens with zero attached hydrogens (tertiary/aromatic N) is 2. The van der Waals surface area contributed by atoms with Crippen molar-refractivity contribution in [3.05, 3.63) is 76.0 Å². The van der Waals surface area contributed by atoms with Crippen LogP contribution < -0.4 is 5.32 Å². The van der Waals surface area contributed by atoms with Crippen LogP contribution in [-0.4, -0.2) is 15.8 Å². The van der Waals surface area contributed by atoms with Crippen molar-refractivity contribution in [3.63, 3.8) is 0 Å². The molecule has 0 fully saturated rings. The molecular formula is C17H13N3O3S. The maximum atomic E-state index is 12.2. The van der Waals surface area contributed by atoms with Crippen molar-refractivity contribution >= 4 is 28.1 Å². The van der Waals surface area contributed by atoms with Gasteiger partial charge in [-0.25, -0.2) is 4.98 Å². The second kappa shape index (κ2) is 6.59. The summed E-state index contributed by atoms with van der Waals surface area (Å²) in [7, 11) is 0. The van der Waals surface area contributed by atoms with Gasteiger partial charge in [-0.15, -0.1) is 0 Å². The summed E-state index contributed by atoms with van der Waals surface area (Å²) in [6, 6.07) is 13.6. The summed E-state index contributed by atoms with van der Waals surface area (Å²) in [5.74, 6) is -0.237. The predicted molar refractivity (Wildman–Crippen MR) is 93.3 cm³/mol. The van der Waals surface area contributed by atoms with E-state index in [1.807, 2.05) is 19.1 Å². The minimum atomic E-state index is -0.440. The van der Waals surface area contributed by atoms with Crippen LogP contribution in [-0.2, 0) is 0 Å². The summed E-state index contributed by atoms with van der Waals surface area (Å²) in [6.45, 7) is 1.92. The largest absolute Gasteiger partial charge is 0.298 e. The molecular weight excluding hydrogens is 326 g/mol. The number of non-ortho nitro benzene ring substituents is 1. The molecule has 0 radical (unpaired) electrons. The van der Waals surface area contributed by atoms with E-state index in [1.54, 1.807) is 30.5 Å². The molecule has 0 aliphatic heterocycles. The Morgan fingerprint density at radius 1 is 1.21 bits per heavy atom. The molecule has 0 saturated heterocycles. The van der Waals surface area contributed by atoms with Gasteiger partial charge < -0.3 is 0 Å². The number of nitrogens with one attached hydrogen (secondary N) is 1. The first-order chi connectivity index (χ1) is 11.5. The number of aryl methyl sites for hydroxylation is 1. The summed E-state index contributed by atoms with van der Waals surface area (Å²) in [6.07, 6.45) is 1.59. The number of anilines is 1. The van der Waals surface area contributed by atoms with Crippen LogP contribution in [0.15, 0.2) is 54.7 Å². The SMILES string of the molecule is Cc1cccc(C(=O)Nc2ncc(-c3cccc([N+](=O)[O-])c3)s2)c1. The van der Waals surface area contributed by atoms with Gasteiger partial charge in [0.05, 0.1) is 9.80 Å². The molecule has 0 aliphatic carbocycles. The number of carbonyl (C=O) groups excluding carboxylic acids is 1. The van der Waals surface area contributed by atoms with Gasteiger partial charge in [0.25, 0.3) is 11.6 Å². The van der Waals surface area contributed by atoms with Crippen LogP contribution in [0, 0.1) is 17.0 Å². The summed E-state index contributed by atoms with van der Waals surface area (Å²) in [5.41, 5.74) is 2.27. The molecule has 1 heterocycles. The van der Waals surface area contributed by atoms with Gasteiger partial charge in [-0.05, 0) is 19.1 Å². The number of benzene rings is 2. The van der Waals surface area contributed by atoms with E-state index in [-0.39, 0.29) is 11.6 Å². The van der Waals surface area contributed by atoms with E-state index in [1.165, 1.54) is 23.5 Å². The zero-order valence-corrected chi connectivity index (χ0v) is 13.5. The van der Waals surface area contributed by atoms with E-state index in [4.69, 9.17) is 0 Å². The van der Waals surface area contributed by atoms with Crippen molar-refractivity contribution in [2.24, 2.45) is 0 Å². The molecule has 7 heteroatoms. The highest BCUT2D eigenvalue weighted by Gasteiger charge is 2.12. The lowest BCUT2D eigenvalue weighted by Crippen LogP contribution is -2.11. The molecule has 6 nitrogen and oxygen atoms in total. The fourth-order valence-corrected chi connectivity index (χ4v) is 3.00. The van der Waals surface area contributed by atoms with Crippen molar-refractivity contribution in [1.82, 2.24) is 4.98 Å². The molecule has 0 aliphatic rings. The zero-order chi connectivity index (χ0) is 17.1. The Labute approximate surface area is 141 Å². The lowest BCUT2D eigenvalue weighted by Gasteiger charge is -2.02. The lowest BCUT2D eigenvalue weighted by molar-refractivity contribution is -0.384. The van der Waals surface area contributed by atoms with E-state index in [9.17, 15) is 14.9 Å². The van der Waals surface area contributed by atoms with Gasteiger partial charge in [-0.3, -0.25) is 20.2 Å². The molecule has 3 aromatic rings. The first kappa shape index (κ1) is 15.8. The van der Waals surface area contributed by atoms with E-state index >= 15 is 0 Å². The van der Waals surface area contributed by atoms with Crippen LogP contribution in [0.5, 0.6) is 0 Å². The fourth-order valence-electron chi connectivity index (χ4n) is 2.19. The number of aromatic nitrogens is 1. The summed E-state index contributed by atoms with van der Waals surface area (Å²) in [5, 5.41) is 14.1. The van der Waals surface area contributed by atoms with Gasteiger partial charge in [-0.1, -0.05) is 41.2 Å². The first-order valence-electron chi connectivity index (χ1n) is 7.11. The molecule has 0 unspecified atom stereocenters. The summed E-state index contributed by atoms with van der Waals surface area (Å²) < 4.78 is 0. The third-order valence-electron chi connectivity index (χ3n) is 3.35. The van der Waals surface area contributed by atoms with Crippen LogP contribution in [0.4, 0.5) is 10.8 Å². The topological polar surface area (TPSA) is 85.1 Å². The normalized spacial score (nSPS) is 10.4. The average Bonchev–Trinajstić information content (AvgIpc) is 3.03. The number of nitro groups is 1. The smallest absolute Gasteiger partial charge is 0.270 e. The molecule has 0 saturated carbocycles. The predicted octanol–water partition coefficient (Wildman–Crippen LogP) is 4.28. The Hall–Kier alpha value is -3.06. The number of amides is 1. The van der Waals surface area contributed by atoms with E-state index < -0.39 is 4.92 Å². The Morgan fingerprint density at radius 3 is 2.75 bits per heavy atom. The van der Waals surface area contributed by atoms with E-state index in [2.05, 4.69) is 10.3 Å². The molecule has 1 aromatic heterocycles. The maximum Gasteiger partial charge on any atom is 0.270 e. The standard InChI is InChI=1S/C17H13N3O3S/c1-11-4-2-6-13(8-11)16(21)19-17-18-10-15(24-17)12-5-3-7-14(9-12)20(22)23/h2-10H,1H3,(H,18,19,21). The third-order valence-corrected chi connectivity index (χ3v) is 4.31. The van der Waals surface area contributed by atoms with Gasteiger partial charge >= 0.3 is 0 Å². The van der Waals surface area contributed by atoms with Crippen LogP contribution in [0.1, 0.15) is 15.9 Å². The van der Waals surface area contributed by atoms with Crippen LogP contribution in [0.2, 0.25) is 0 Å². The van der Waals surface area contributed by atoms with Crippen molar-refractivity contribution < 1.29 is 9.72 Å². The highest BCUT2D eigenvalue weighted by atomic mass is 32.1. The molecule has 0 spiro atoms. The second-order valence-electron chi connectivity index (χ2n) is 5.16. The van der Waals surface area contributed by atoms with Crippen molar-refractivity contribution in [2.75, 3.05) is 5.32 Å². The quantitative estimate of drug-likeness (QED) is 0.568. The molecule has 2 aromatic carbocycles. The summed E-state index contributed by atoms with van der Waals surface area (Å²) in [4.78, 5) is 27.6. The third kappa shape index (κ3) is 3.47. The molecule has 1 N–H and O–H groups in total. The van der Waals surface area contributed by atoms with Gasteiger partial charge in [0, 0.05) is 29.5 Å². The molecule has 0 atom stereocenters. The monoisotopic (exact) mass is 339 g/mol. The van der Waals surface area contributed by atoms with Crippen LogP contribution >= 0.6 is 11.3 Å². The number of hydrogen-bond donors (Lipinski definition) is 1. The van der Waals surface area contributed by atoms with Gasteiger partial charge in [0.2, 0.25) is 0 Å². The lowest BCUT2D eigenvalue weighted by atomic mass is 10.1. The molecule has 0 bridgehead atoms. The minimum absolute atomic E-state index is 0.0197. The number of hydrogen-bond acceptors (Lipinski definition) is 5. The molecule has 1 amide bonds. The Morgan fingerprint density at radius 2 is 2.00 bits per heavy atom. The van der Waals surface area contributed by atoms with Crippen LogP contribution in [0.25, 0.3) is 10.4 Å². The number of carbonyl (C=O) groups is 1. The fraction of sp³-hybridized carbons (Fsp3) is 0.0588. The Kier molecular flexibility index (Phi) is 4.35. The molecule has 3 rings (SSSR count). The molecule has 120 valence electrons. The van der Waals surface area contributed by atoms with Gasteiger partial charge in [0.15, 0.2) is 5.13 Å². The summed E-state index contributed by atoms with van der Waals surface area (Å²) >= 11 is 1.27. The first-order valence-corrected chi connectivity index (χ1v) is 7.93. The van der Waals surface area contributed by atoms with Crippen LogP contribution in [0.3, 0.4) is 0 Å². The molecule has 24 heavy (non-hydrogen) atoms. The zero-order valence-electron chi connectivity index (χ0n) is 12.7. The van der Waals surface area contributed by atoms with Crippen molar-refractivity contribution in [2.45, 2.75) is 6.92 Å². The number of nitro benzene ring substituents is 1. The van der Waals surface area contributed by atoms with Gasteiger partial charge in [-0.2, -0.15) is 0 Å². The van der Waals surface area contributed by atoms with Gasteiger partial charge in [0.1, 0.15) is 0 Å².